The number of rotatable bonds is 5. The van der Waals surface area contributed by atoms with Crippen molar-refractivity contribution in [3.8, 4) is 0 Å². The summed E-state index contributed by atoms with van der Waals surface area (Å²) in [6, 6.07) is 10.3. The SMILES string of the molecule is C=CCC1CCCNC1=O.C=CCC1CCCn2c1nc1cc(Br)ccc1c2=O.Nc1cc(Br)ccc1C(=O)O.O=S(Cl)Cl. The Bertz CT molecular complexity index is 1570. The second-order valence-electron chi connectivity index (χ2n) is 9.83. The van der Waals surface area contributed by atoms with E-state index in [1.165, 1.54) is 6.07 Å². The van der Waals surface area contributed by atoms with Crippen LogP contribution >= 0.6 is 53.2 Å². The second kappa shape index (κ2) is 19.1. The van der Waals surface area contributed by atoms with Crippen molar-refractivity contribution in [2.45, 2.75) is 51.0 Å². The van der Waals surface area contributed by atoms with Crippen LogP contribution < -0.4 is 16.6 Å². The van der Waals surface area contributed by atoms with Crippen LogP contribution in [0.1, 0.15) is 60.6 Å². The zero-order chi connectivity index (χ0) is 32.8. The van der Waals surface area contributed by atoms with Gasteiger partial charge >= 0.3 is 5.97 Å². The molecule has 0 bridgehead atoms. The smallest absolute Gasteiger partial charge is 0.337 e. The lowest BCUT2D eigenvalue weighted by Crippen LogP contribution is -2.36. The van der Waals surface area contributed by atoms with Gasteiger partial charge in [0.15, 0.2) is 0 Å². The molecule has 238 valence electrons. The molecule has 2 atom stereocenters. The van der Waals surface area contributed by atoms with Crippen molar-refractivity contribution < 1.29 is 18.9 Å². The van der Waals surface area contributed by atoms with Crippen molar-refractivity contribution in [3.05, 3.63) is 92.4 Å². The lowest BCUT2D eigenvalue weighted by molar-refractivity contribution is -0.126. The Morgan fingerprint density at radius 3 is 2.25 bits per heavy atom. The number of carbonyl (C=O) groups excluding carboxylic acids is 1. The van der Waals surface area contributed by atoms with Gasteiger partial charge in [-0.25, -0.2) is 14.0 Å². The Kier molecular flexibility index (Phi) is 16.4. The Hall–Kier alpha value is -2.51. The van der Waals surface area contributed by atoms with E-state index in [9.17, 15) is 14.4 Å². The molecule has 4 N–H and O–H groups in total. The molecule has 2 aromatic carbocycles. The first-order chi connectivity index (χ1) is 20.9. The summed E-state index contributed by atoms with van der Waals surface area (Å²) in [5.74, 6) is 0.636. The van der Waals surface area contributed by atoms with E-state index in [1.807, 2.05) is 34.9 Å². The van der Waals surface area contributed by atoms with Gasteiger partial charge in [-0.3, -0.25) is 14.2 Å². The number of nitrogen functional groups attached to an aromatic ring is 1. The standard InChI is InChI=1S/C15H15BrN2O.C8H13NO.C7H6BrNO2.Cl2OS/c1-2-4-10-5-3-8-18-14(10)17-13-9-11(16)6-7-12(13)15(18)19;1-2-4-7-5-3-6-9-8(7)10;8-4-1-2-5(7(10)11)6(9)3-4;1-4(2)3/h2,6-7,9-10H,1,3-5,8H2;2,7H,1,3-6H2,(H,9,10);1-3H,9H2,(H,10,11);. The number of carboxylic acid groups (broad SMARTS) is 1. The average Bonchev–Trinajstić information content (AvgIpc) is 2.95. The molecule has 1 fully saturated rings. The zero-order valence-corrected chi connectivity index (χ0v) is 29.3. The highest BCUT2D eigenvalue weighted by Gasteiger charge is 2.23. The fourth-order valence-corrected chi connectivity index (χ4v) is 5.51. The van der Waals surface area contributed by atoms with Crippen LogP contribution in [0.5, 0.6) is 0 Å². The highest BCUT2D eigenvalue weighted by atomic mass is 79.9. The maximum atomic E-state index is 12.5. The molecule has 3 aromatic rings. The summed E-state index contributed by atoms with van der Waals surface area (Å²) < 4.78 is 12.7. The molecule has 9 nitrogen and oxygen atoms in total. The number of benzene rings is 2. The molecule has 3 heterocycles. The van der Waals surface area contributed by atoms with E-state index in [-0.39, 0.29) is 28.6 Å². The number of aromatic nitrogens is 2. The average molecular weight is 793 g/mol. The minimum Gasteiger partial charge on any atom is -0.478 e. The quantitative estimate of drug-likeness (QED) is 0.138. The number of fused-ring (bicyclic) bond motifs is 2. The number of carbonyl (C=O) groups is 2. The molecule has 2 unspecified atom stereocenters. The van der Waals surface area contributed by atoms with Gasteiger partial charge in [0.2, 0.25) is 15.1 Å². The van der Waals surface area contributed by atoms with Crippen LogP contribution in [0, 0.1) is 5.92 Å². The molecule has 0 aliphatic carbocycles. The van der Waals surface area contributed by atoms with E-state index in [0.717, 1.165) is 71.9 Å². The lowest BCUT2D eigenvalue weighted by Gasteiger charge is -2.25. The van der Waals surface area contributed by atoms with Crippen LogP contribution in [0.2, 0.25) is 0 Å². The van der Waals surface area contributed by atoms with Crippen LogP contribution in [0.15, 0.2) is 75.4 Å². The number of hydrogen-bond acceptors (Lipinski definition) is 6. The summed E-state index contributed by atoms with van der Waals surface area (Å²) >= 11 is 6.61. The van der Waals surface area contributed by atoms with Gasteiger partial charge in [-0.05, 0) is 74.9 Å². The summed E-state index contributed by atoms with van der Waals surface area (Å²) in [7, 11) is 7.36. The van der Waals surface area contributed by atoms with Crippen LogP contribution in [-0.4, -0.2) is 37.3 Å². The number of anilines is 1. The van der Waals surface area contributed by atoms with Gasteiger partial charge in [0.1, 0.15) is 5.82 Å². The maximum Gasteiger partial charge on any atom is 0.337 e. The number of carboxylic acids is 1. The first kappa shape index (κ1) is 37.7. The largest absolute Gasteiger partial charge is 0.478 e. The van der Waals surface area contributed by atoms with Crippen molar-refractivity contribution in [2.24, 2.45) is 5.92 Å². The fraction of sp³-hybridized carbons (Fsp3) is 0.333. The van der Waals surface area contributed by atoms with E-state index in [4.69, 9.17) is 20.0 Å². The topological polar surface area (TPSA) is 144 Å². The molecule has 0 radical (unpaired) electrons. The predicted molar refractivity (Wildman–Crippen MR) is 186 cm³/mol. The molecule has 0 saturated carbocycles. The summed E-state index contributed by atoms with van der Waals surface area (Å²) in [5, 5.41) is 12.1. The molecule has 1 aromatic heterocycles. The van der Waals surface area contributed by atoms with Crippen molar-refractivity contribution in [1.29, 1.82) is 0 Å². The molecule has 1 saturated heterocycles. The summed E-state index contributed by atoms with van der Waals surface area (Å²) in [5.41, 5.74) is 6.68. The van der Waals surface area contributed by atoms with Crippen LogP contribution in [-0.2, 0) is 20.6 Å². The highest BCUT2D eigenvalue weighted by Crippen LogP contribution is 2.29. The monoisotopic (exact) mass is 790 g/mol. The molecule has 2 aliphatic rings. The normalized spacial score (nSPS) is 16.9. The number of nitrogens with zero attached hydrogens (tertiary/aromatic N) is 2. The number of piperidine rings is 1. The van der Waals surface area contributed by atoms with Gasteiger partial charge in [-0.15, -0.1) is 13.2 Å². The minimum atomic E-state index is -1.67. The van der Waals surface area contributed by atoms with Crippen molar-refractivity contribution in [3.63, 3.8) is 0 Å². The first-order valence-corrected chi connectivity index (χ1v) is 18.0. The van der Waals surface area contributed by atoms with Crippen molar-refractivity contribution >= 4 is 90.9 Å². The lowest BCUT2D eigenvalue weighted by atomic mass is 9.95. The van der Waals surface area contributed by atoms with Crippen LogP contribution in [0.25, 0.3) is 10.9 Å². The third kappa shape index (κ3) is 11.8. The number of hydrogen-bond donors (Lipinski definition) is 3. The van der Waals surface area contributed by atoms with E-state index < -0.39 is 15.2 Å². The Morgan fingerprint density at radius 1 is 1.07 bits per heavy atom. The van der Waals surface area contributed by atoms with Gasteiger partial charge < -0.3 is 16.2 Å². The zero-order valence-electron chi connectivity index (χ0n) is 23.8. The Morgan fingerprint density at radius 2 is 1.66 bits per heavy atom. The van der Waals surface area contributed by atoms with Crippen LogP contribution in [0.4, 0.5) is 5.69 Å². The third-order valence-corrected chi connectivity index (χ3v) is 7.78. The third-order valence-electron chi connectivity index (χ3n) is 6.79. The Labute approximate surface area is 284 Å². The number of allylic oxidation sites excluding steroid dienone is 2. The Balaban J connectivity index is 0.000000231. The predicted octanol–water partition coefficient (Wildman–Crippen LogP) is 7.47. The minimum absolute atomic E-state index is 0.0845. The maximum absolute atomic E-state index is 12.5. The fourth-order valence-electron chi connectivity index (χ4n) is 4.78. The molecule has 0 spiro atoms. The van der Waals surface area contributed by atoms with E-state index in [0.29, 0.717) is 11.3 Å². The molecule has 14 heteroatoms. The van der Waals surface area contributed by atoms with Gasteiger partial charge in [0, 0.05) is 60.9 Å². The number of nitrogens with two attached hydrogens (primary N) is 1. The number of aromatic carboxylic acids is 1. The molecular weight excluding hydrogens is 759 g/mol. The molecular formula is C30H34Br2Cl2N4O5S. The molecule has 44 heavy (non-hydrogen) atoms. The van der Waals surface area contributed by atoms with Gasteiger partial charge in [0.25, 0.3) is 5.56 Å². The molecule has 2 aliphatic heterocycles. The van der Waals surface area contributed by atoms with E-state index in [1.54, 1.807) is 12.1 Å². The van der Waals surface area contributed by atoms with Crippen LogP contribution in [0.3, 0.4) is 0 Å². The number of amides is 1. The first-order valence-electron chi connectivity index (χ1n) is 13.6. The summed E-state index contributed by atoms with van der Waals surface area (Å²) in [6.45, 7) is 9.05. The highest BCUT2D eigenvalue weighted by molar-refractivity contribution is 9.10. The summed E-state index contributed by atoms with van der Waals surface area (Å²) in [6.07, 6.45) is 9.69. The van der Waals surface area contributed by atoms with Gasteiger partial charge in [-0.1, -0.05) is 44.0 Å². The van der Waals surface area contributed by atoms with Crippen molar-refractivity contribution in [2.75, 3.05) is 12.3 Å². The van der Waals surface area contributed by atoms with E-state index >= 15 is 0 Å². The van der Waals surface area contributed by atoms with Gasteiger partial charge in [0.05, 0.1) is 16.5 Å². The van der Waals surface area contributed by atoms with Crippen molar-refractivity contribution in [1.82, 2.24) is 14.9 Å². The van der Waals surface area contributed by atoms with E-state index in [2.05, 4.69) is 71.7 Å². The number of nitrogens with one attached hydrogen (secondary N) is 1. The molecule has 1 amide bonds. The van der Waals surface area contributed by atoms with Gasteiger partial charge in [-0.2, -0.15) is 0 Å². The molecule has 5 rings (SSSR count). The second-order valence-corrected chi connectivity index (χ2v) is 14.2. The number of halogens is 4. The summed E-state index contributed by atoms with van der Waals surface area (Å²) in [4.78, 5) is 38.7.